The summed E-state index contributed by atoms with van der Waals surface area (Å²) >= 11 is 0. The molecule has 9 nitrogen and oxygen atoms in total. The third kappa shape index (κ3) is 11.0. The Kier molecular flexibility index (Phi) is 13.8. The number of anilines is 2. The molecule has 2 amide bonds. The van der Waals surface area contributed by atoms with E-state index >= 15 is 0 Å². The molecular formula is C50H54N4O5. The molecule has 0 bridgehead atoms. The Morgan fingerprint density at radius 1 is 0.746 bits per heavy atom. The normalized spacial score (nSPS) is 17.1. The predicted molar refractivity (Wildman–Crippen MR) is 235 cm³/mol. The maximum Gasteiger partial charge on any atom is 0.224 e. The van der Waals surface area contributed by atoms with E-state index in [0.29, 0.717) is 56.6 Å². The molecule has 6 aromatic rings. The zero-order chi connectivity index (χ0) is 41.1. The molecule has 0 saturated carbocycles. The van der Waals surface area contributed by atoms with Crippen molar-refractivity contribution in [2.45, 2.75) is 76.7 Å². The Morgan fingerprint density at radius 2 is 1.46 bits per heavy atom. The number of likely N-dealkylation sites (N-methyl/N-ethyl adjacent to an activating group) is 1. The van der Waals surface area contributed by atoms with Crippen molar-refractivity contribution in [2.75, 3.05) is 24.6 Å². The van der Waals surface area contributed by atoms with Gasteiger partial charge >= 0.3 is 0 Å². The van der Waals surface area contributed by atoms with Crippen LogP contribution in [0.5, 0.6) is 0 Å². The number of rotatable bonds is 16. The molecule has 7 rings (SSSR count). The van der Waals surface area contributed by atoms with Crippen LogP contribution in [0.2, 0.25) is 0 Å². The first-order valence-corrected chi connectivity index (χ1v) is 20.5. The minimum atomic E-state index is -0.592. The molecule has 9 heteroatoms. The molecule has 1 aliphatic heterocycles. The first kappa shape index (κ1) is 41.3. The van der Waals surface area contributed by atoms with Gasteiger partial charge in [0.25, 0.3) is 0 Å². The zero-order valence-electron chi connectivity index (χ0n) is 33.9. The van der Waals surface area contributed by atoms with Crippen molar-refractivity contribution in [3.05, 3.63) is 167 Å². The number of nitrogen functional groups attached to an aromatic ring is 1. The molecule has 4 atom stereocenters. The van der Waals surface area contributed by atoms with E-state index in [9.17, 15) is 14.7 Å². The van der Waals surface area contributed by atoms with E-state index in [2.05, 4.69) is 102 Å². The van der Waals surface area contributed by atoms with Gasteiger partial charge in [-0.05, 0) is 101 Å². The highest BCUT2D eigenvalue weighted by molar-refractivity contribution is 5.93. The average molecular weight is 791 g/mol. The number of benzene rings is 6. The number of nitrogens with one attached hydrogen (secondary N) is 2. The van der Waals surface area contributed by atoms with Gasteiger partial charge in [0.05, 0.1) is 30.2 Å². The van der Waals surface area contributed by atoms with Crippen LogP contribution in [0.15, 0.2) is 140 Å². The largest absolute Gasteiger partial charge is 0.397 e. The van der Waals surface area contributed by atoms with Gasteiger partial charge in [0.15, 0.2) is 6.29 Å². The molecule has 304 valence electrons. The zero-order valence-corrected chi connectivity index (χ0v) is 33.9. The summed E-state index contributed by atoms with van der Waals surface area (Å²) in [6.07, 6.45) is 1.67. The number of ether oxygens (including phenoxy) is 2. The molecule has 0 spiro atoms. The highest BCUT2D eigenvalue weighted by Crippen LogP contribution is 2.40. The van der Waals surface area contributed by atoms with E-state index in [4.69, 9.17) is 15.2 Å². The molecule has 0 aliphatic carbocycles. The number of para-hydroxylation sites is 2. The number of nitrogens with zero attached hydrogens (tertiary/aromatic N) is 1. The Bertz CT molecular complexity index is 2350. The van der Waals surface area contributed by atoms with E-state index in [1.54, 1.807) is 12.1 Å². The molecule has 1 fully saturated rings. The van der Waals surface area contributed by atoms with Crippen molar-refractivity contribution >= 4 is 34.0 Å². The Balaban J connectivity index is 0.982. The third-order valence-corrected chi connectivity index (χ3v) is 11.2. The van der Waals surface area contributed by atoms with Gasteiger partial charge in [-0.2, -0.15) is 0 Å². The molecule has 4 unspecified atom stereocenters. The van der Waals surface area contributed by atoms with E-state index < -0.39 is 6.29 Å². The van der Waals surface area contributed by atoms with Gasteiger partial charge in [0.1, 0.15) is 0 Å². The van der Waals surface area contributed by atoms with E-state index in [1.165, 1.54) is 16.3 Å². The molecular weight excluding hydrogens is 737 g/mol. The number of nitrogens with two attached hydrogens (primary N) is 1. The topological polar surface area (TPSA) is 126 Å². The number of hydrogen-bond donors (Lipinski definition) is 4. The maximum atomic E-state index is 12.7. The van der Waals surface area contributed by atoms with Crippen LogP contribution in [0.25, 0.3) is 21.9 Å². The summed E-state index contributed by atoms with van der Waals surface area (Å²) in [5.74, 6) is -0.168. The average Bonchev–Trinajstić information content (AvgIpc) is 3.27. The second kappa shape index (κ2) is 19.7. The number of aliphatic hydroxyl groups excluding tert-OH is 1. The number of carbonyl (C=O) groups excluding carboxylic acids is 2. The van der Waals surface area contributed by atoms with Crippen LogP contribution in [0.4, 0.5) is 11.4 Å². The van der Waals surface area contributed by atoms with Crippen LogP contribution >= 0.6 is 0 Å². The number of amides is 2. The molecule has 5 N–H and O–H groups in total. The van der Waals surface area contributed by atoms with Crippen LogP contribution in [0, 0.1) is 0 Å². The van der Waals surface area contributed by atoms with Crippen LogP contribution in [-0.2, 0) is 32.2 Å². The number of fused-ring (bicyclic) bond motifs is 1. The lowest BCUT2D eigenvalue weighted by atomic mass is 9.97. The van der Waals surface area contributed by atoms with Gasteiger partial charge in [-0.25, -0.2) is 0 Å². The number of aliphatic hydroxyl groups is 1. The summed E-state index contributed by atoms with van der Waals surface area (Å²) < 4.78 is 13.5. The number of unbranched alkanes of at least 4 members (excludes halogenated alkanes) is 1. The van der Waals surface area contributed by atoms with Crippen molar-refractivity contribution in [2.24, 2.45) is 0 Å². The van der Waals surface area contributed by atoms with Crippen LogP contribution < -0.4 is 16.4 Å². The molecule has 1 aliphatic rings. The fourth-order valence-corrected chi connectivity index (χ4v) is 7.64. The van der Waals surface area contributed by atoms with Crippen LogP contribution in [0.3, 0.4) is 0 Å². The minimum absolute atomic E-state index is 0.00796. The lowest BCUT2D eigenvalue weighted by molar-refractivity contribution is -0.253. The summed E-state index contributed by atoms with van der Waals surface area (Å²) in [6, 6.07) is 46.9. The smallest absolute Gasteiger partial charge is 0.224 e. The second-order valence-corrected chi connectivity index (χ2v) is 15.5. The van der Waals surface area contributed by atoms with Gasteiger partial charge in [-0.3, -0.25) is 14.5 Å². The fraction of sp³-hybridized carbons (Fsp3) is 0.280. The third-order valence-electron chi connectivity index (χ3n) is 11.2. The van der Waals surface area contributed by atoms with Gasteiger partial charge in [-0.15, -0.1) is 0 Å². The van der Waals surface area contributed by atoms with Crippen molar-refractivity contribution in [1.82, 2.24) is 10.2 Å². The quantitative estimate of drug-likeness (QED) is 0.0568. The lowest BCUT2D eigenvalue weighted by Gasteiger charge is -2.39. The molecule has 1 heterocycles. The maximum absolute atomic E-state index is 12.7. The first-order chi connectivity index (χ1) is 28.7. The molecule has 59 heavy (non-hydrogen) atoms. The number of hydrogen-bond acceptors (Lipinski definition) is 7. The minimum Gasteiger partial charge on any atom is -0.397 e. The van der Waals surface area contributed by atoms with Crippen LogP contribution in [0.1, 0.15) is 85.3 Å². The summed E-state index contributed by atoms with van der Waals surface area (Å²) in [7, 11) is 2.15. The highest BCUT2D eigenvalue weighted by Gasteiger charge is 2.33. The Labute approximate surface area is 347 Å². The Hall–Kier alpha value is -5.84. The standard InChI is InChI=1S/C50H54N4O5/c1-34(39-26-25-37-12-3-4-13-41(37)28-39)54(2)32-44-30-47(38-23-21-35(33-55)22-24-38)59-50(58-44)43-16-10-15-42(29-43)40-14-9-11-36(27-40)31-52-48(56)19-7-8-20-49(57)53-46-18-6-5-17-45(46)51/h3-6,9-18,21-29,34,44,47,50,55H,7-8,19-20,30-33,51H2,1-2H3,(H,52,56)(H,53,57). The van der Waals surface area contributed by atoms with Gasteiger partial charge < -0.3 is 30.9 Å². The van der Waals surface area contributed by atoms with E-state index in [1.807, 2.05) is 54.6 Å². The van der Waals surface area contributed by atoms with Gasteiger partial charge in [0.2, 0.25) is 11.8 Å². The highest BCUT2D eigenvalue weighted by atomic mass is 16.7. The van der Waals surface area contributed by atoms with Crippen molar-refractivity contribution in [3.8, 4) is 11.1 Å². The van der Waals surface area contributed by atoms with Gasteiger partial charge in [0, 0.05) is 44.0 Å². The Morgan fingerprint density at radius 3 is 2.24 bits per heavy atom. The molecule has 0 aromatic heterocycles. The van der Waals surface area contributed by atoms with Crippen molar-refractivity contribution < 1.29 is 24.2 Å². The SMILES string of the molecule is CC(c1ccc2ccccc2c1)N(C)CC1CC(c2ccc(CO)cc2)OC(c2cccc(-c3cccc(CNC(=O)CCCCC(=O)Nc4ccccc4N)c3)c2)O1. The summed E-state index contributed by atoms with van der Waals surface area (Å²) in [5.41, 5.74) is 14.2. The summed E-state index contributed by atoms with van der Waals surface area (Å²) in [4.78, 5) is 27.4. The predicted octanol–water partition coefficient (Wildman–Crippen LogP) is 9.64. The molecule has 0 radical (unpaired) electrons. The monoisotopic (exact) mass is 790 g/mol. The number of carbonyl (C=O) groups is 2. The molecule has 1 saturated heterocycles. The van der Waals surface area contributed by atoms with Gasteiger partial charge in [-0.1, -0.05) is 109 Å². The molecule has 6 aromatic carbocycles. The lowest BCUT2D eigenvalue weighted by Crippen LogP contribution is -2.38. The van der Waals surface area contributed by atoms with Crippen molar-refractivity contribution in [3.63, 3.8) is 0 Å². The van der Waals surface area contributed by atoms with Crippen molar-refractivity contribution in [1.29, 1.82) is 0 Å². The fourth-order valence-electron chi connectivity index (χ4n) is 7.64. The summed E-state index contributed by atoms with van der Waals surface area (Å²) in [6.45, 7) is 3.35. The second-order valence-electron chi connectivity index (χ2n) is 15.5. The van der Waals surface area contributed by atoms with E-state index in [-0.39, 0.29) is 36.7 Å². The van der Waals surface area contributed by atoms with E-state index in [0.717, 1.165) is 33.4 Å². The first-order valence-electron chi connectivity index (χ1n) is 20.5. The summed E-state index contributed by atoms with van der Waals surface area (Å²) in [5, 5.41) is 18.0. The van der Waals surface area contributed by atoms with Crippen LogP contribution in [-0.4, -0.2) is 41.5 Å².